The lowest BCUT2D eigenvalue weighted by atomic mass is 10.2. The topological polar surface area (TPSA) is 51.2 Å². The number of hydrogen-bond donors (Lipinski definition) is 1. The van der Waals surface area contributed by atoms with Crippen molar-refractivity contribution in [2.45, 2.75) is 32.2 Å². The zero-order chi connectivity index (χ0) is 16.7. The maximum absolute atomic E-state index is 10.1. The number of benzene rings is 1. The Balaban J connectivity index is 1.56. The van der Waals surface area contributed by atoms with Crippen LogP contribution >= 0.6 is 15.9 Å². The van der Waals surface area contributed by atoms with E-state index < -0.39 is 6.10 Å². The summed E-state index contributed by atoms with van der Waals surface area (Å²) in [6.45, 7) is 7.70. The Labute approximate surface area is 146 Å². The predicted molar refractivity (Wildman–Crippen MR) is 92.9 cm³/mol. The Kier molecular flexibility index (Phi) is 7.79. The summed E-state index contributed by atoms with van der Waals surface area (Å²) in [5.41, 5.74) is 0. The van der Waals surface area contributed by atoms with E-state index in [2.05, 4.69) is 34.7 Å². The average Bonchev–Trinajstić information content (AvgIpc) is 2.47. The van der Waals surface area contributed by atoms with E-state index in [1.54, 1.807) is 0 Å². The normalized spacial score (nSPS) is 23.7. The fraction of sp³-hybridized carbons (Fsp3) is 0.647. The lowest BCUT2D eigenvalue weighted by molar-refractivity contribution is -0.0824. The van der Waals surface area contributed by atoms with Crippen molar-refractivity contribution in [2.75, 3.05) is 39.5 Å². The van der Waals surface area contributed by atoms with Gasteiger partial charge in [-0.15, -0.1) is 0 Å². The molecule has 0 saturated carbocycles. The van der Waals surface area contributed by atoms with Gasteiger partial charge in [0.15, 0.2) is 0 Å². The highest BCUT2D eigenvalue weighted by atomic mass is 79.9. The van der Waals surface area contributed by atoms with Crippen molar-refractivity contribution in [3.63, 3.8) is 0 Å². The molecule has 1 aliphatic rings. The van der Waals surface area contributed by atoms with Crippen LogP contribution in [0.5, 0.6) is 5.75 Å². The second kappa shape index (κ2) is 9.59. The number of rotatable bonds is 8. The van der Waals surface area contributed by atoms with Gasteiger partial charge in [-0.05, 0) is 38.1 Å². The van der Waals surface area contributed by atoms with Gasteiger partial charge in [0.25, 0.3) is 0 Å². The number of ether oxygens (including phenoxy) is 3. The van der Waals surface area contributed by atoms with Gasteiger partial charge in [0.2, 0.25) is 0 Å². The highest BCUT2D eigenvalue weighted by Crippen LogP contribution is 2.16. The van der Waals surface area contributed by atoms with E-state index in [-0.39, 0.29) is 12.2 Å². The summed E-state index contributed by atoms with van der Waals surface area (Å²) in [7, 11) is 0. The third-order valence-electron chi connectivity index (χ3n) is 3.58. The number of halogens is 1. The van der Waals surface area contributed by atoms with E-state index in [1.165, 1.54) is 0 Å². The van der Waals surface area contributed by atoms with Crippen LogP contribution in [0.2, 0.25) is 0 Å². The molecule has 0 aliphatic carbocycles. The summed E-state index contributed by atoms with van der Waals surface area (Å²) in [6.07, 6.45) is -0.0578. The van der Waals surface area contributed by atoms with Crippen LogP contribution in [0.25, 0.3) is 0 Å². The van der Waals surface area contributed by atoms with Crippen molar-refractivity contribution in [1.29, 1.82) is 0 Å². The molecule has 130 valence electrons. The Morgan fingerprint density at radius 1 is 1.22 bits per heavy atom. The van der Waals surface area contributed by atoms with Crippen LogP contribution < -0.4 is 4.74 Å². The number of aliphatic hydroxyl groups excluding tert-OH is 1. The van der Waals surface area contributed by atoms with Crippen molar-refractivity contribution < 1.29 is 19.3 Å². The van der Waals surface area contributed by atoms with Gasteiger partial charge in [0, 0.05) is 24.1 Å². The summed E-state index contributed by atoms with van der Waals surface area (Å²) in [4.78, 5) is 2.23. The molecule has 2 rings (SSSR count). The average molecular weight is 388 g/mol. The molecular formula is C17H26BrNO4. The highest BCUT2D eigenvalue weighted by molar-refractivity contribution is 9.10. The van der Waals surface area contributed by atoms with Crippen molar-refractivity contribution in [3.8, 4) is 5.75 Å². The number of β-amino-alcohol motifs (C(OH)–C–C–N with tert-alkyl or cyclic N) is 1. The zero-order valence-electron chi connectivity index (χ0n) is 13.8. The van der Waals surface area contributed by atoms with E-state index in [0.29, 0.717) is 26.4 Å². The Morgan fingerprint density at radius 3 is 2.52 bits per heavy atom. The van der Waals surface area contributed by atoms with Gasteiger partial charge < -0.3 is 19.3 Å². The summed E-state index contributed by atoms with van der Waals surface area (Å²) < 4.78 is 17.8. The first-order valence-electron chi connectivity index (χ1n) is 8.05. The van der Waals surface area contributed by atoms with Crippen LogP contribution in [0.1, 0.15) is 13.8 Å². The molecule has 1 aliphatic heterocycles. The number of aliphatic hydroxyl groups is 1. The lowest BCUT2D eigenvalue weighted by Gasteiger charge is -2.36. The largest absolute Gasteiger partial charge is 0.491 e. The van der Waals surface area contributed by atoms with Crippen molar-refractivity contribution in [1.82, 2.24) is 4.90 Å². The van der Waals surface area contributed by atoms with Gasteiger partial charge >= 0.3 is 0 Å². The number of morpholine rings is 1. The Hall–Kier alpha value is -0.660. The van der Waals surface area contributed by atoms with Gasteiger partial charge in [-0.2, -0.15) is 0 Å². The molecule has 6 heteroatoms. The summed E-state index contributed by atoms with van der Waals surface area (Å²) >= 11 is 3.38. The molecule has 0 unspecified atom stereocenters. The third-order valence-corrected chi connectivity index (χ3v) is 4.11. The molecule has 3 atom stereocenters. The summed E-state index contributed by atoms with van der Waals surface area (Å²) in [6, 6.07) is 7.67. The summed E-state index contributed by atoms with van der Waals surface area (Å²) in [5.74, 6) is 0.814. The van der Waals surface area contributed by atoms with Gasteiger partial charge in [-0.1, -0.05) is 15.9 Å². The van der Waals surface area contributed by atoms with Gasteiger partial charge in [-0.25, -0.2) is 0 Å². The molecule has 1 aromatic carbocycles. The zero-order valence-corrected chi connectivity index (χ0v) is 15.4. The highest BCUT2D eigenvalue weighted by Gasteiger charge is 2.23. The Morgan fingerprint density at radius 2 is 1.87 bits per heavy atom. The van der Waals surface area contributed by atoms with E-state index in [1.807, 2.05) is 24.3 Å². The van der Waals surface area contributed by atoms with Crippen molar-refractivity contribution in [3.05, 3.63) is 28.7 Å². The molecular weight excluding hydrogens is 362 g/mol. The van der Waals surface area contributed by atoms with E-state index in [0.717, 1.165) is 23.3 Å². The second-order valence-electron chi connectivity index (χ2n) is 6.01. The fourth-order valence-corrected chi connectivity index (χ4v) is 3.02. The minimum atomic E-state index is -0.486. The SMILES string of the molecule is C[C@@H]1CN(C[C@H](O)COCCOc2ccc(Br)cc2)C[C@H](C)O1. The molecule has 0 amide bonds. The smallest absolute Gasteiger partial charge is 0.119 e. The van der Waals surface area contributed by atoms with Crippen molar-refractivity contribution in [2.24, 2.45) is 0 Å². The first-order chi connectivity index (χ1) is 11.0. The first-order valence-corrected chi connectivity index (χ1v) is 8.84. The number of hydrogen-bond acceptors (Lipinski definition) is 5. The maximum Gasteiger partial charge on any atom is 0.119 e. The second-order valence-corrected chi connectivity index (χ2v) is 6.92. The minimum Gasteiger partial charge on any atom is -0.491 e. The minimum absolute atomic E-state index is 0.214. The van der Waals surface area contributed by atoms with Gasteiger partial charge in [0.1, 0.15) is 12.4 Å². The maximum atomic E-state index is 10.1. The quantitative estimate of drug-likeness (QED) is 0.693. The van der Waals surface area contributed by atoms with E-state index in [4.69, 9.17) is 14.2 Å². The molecule has 0 spiro atoms. The molecule has 1 N–H and O–H groups in total. The molecule has 0 bridgehead atoms. The van der Waals surface area contributed by atoms with Gasteiger partial charge in [-0.3, -0.25) is 4.90 Å². The van der Waals surface area contributed by atoms with Crippen LogP contribution in [-0.4, -0.2) is 67.8 Å². The molecule has 1 saturated heterocycles. The monoisotopic (exact) mass is 387 g/mol. The summed E-state index contributed by atoms with van der Waals surface area (Å²) in [5, 5.41) is 10.1. The molecule has 1 fully saturated rings. The van der Waals surface area contributed by atoms with Crippen LogP contribution in [0.4, 0.5) is 0 Å². The van der Waals surface area contributed by atoms with Crippen molar-refractivity contribution >= 4 is 15.9 Å². The molecule has 5 nitrogen and oxygen atoms in total. The van der Waals surface area contributed by atoms with E-state index in [9.17, 15) is 5.11 Å². The standard InChI is InChI=1S/C17H26BrNO4/c1-13-9-19(10-14(2)23-13)11-16(20)12-21-7-8-22-17-5-3-15(18)4-6-17/h3-6,13-14,16,20H,7-12H2,1-2H3/t13-,14+,16-/m0/s1. The van der Waals surface area contributed by atoms with Crippen LogP contribution in [-0.2, 0) is 9.47 Å². The van der Waals surface area contributed by atoms with E-state index >= 15 is 0 Å². The van der Waals surface area contributed by atoms with Crippen LogP contribution in [0.15, 0.2) is 28.7 Å². The molecule has 0 aromatic heterocycles. The van der Waals surface area contributed by atoms with Crippen LogP contribution in [0, 0.1) is 0 Å². The number of nitrogens with zero attached hydrogens (tertiary/aromatic N) is 1. The third kappa shape index (κ3) is 7.18. The van der Waals surface area contributed by atoms with Gasteiger partial charge in [0.05, 0.1) is 31.5 Å². The fourth-order valence-electron chi connectivity index (χ4n) is 2.75. The van der Waals surface area contributed by atoms with Crippen LogP contribution in [0.3, 0.4) is 0 Å². The first kappa shape index (κ1) is 18.7. The molecule has 1 aromatic rings. The Bertz CT molecular complexity index is 446. The molecule has 23 heavy (non-hydrogen) atoms. The lowest BCUT2D eigenvalue weighted by Crippen LogP contribution is -2.48. The molecule has 0 radical (unpaired) electrons. The molecule has 1 heterocycles. The predicted octanol–water partition coefficient (Wildman–Crippen LogP) is 2.31.